The van der Waals surface area contributed by atoms with Gasteiger partial charge in [-0.25, -0.2) is 0 Å². The molecule has 20 heavy (non-hydrogen) atoms. The van der Waals surface area contributed by atoms with E-state index in [1.165, 1.54) is 0 Å². The van der Waals surface area contributed by atoms with Crippen LogP contribution in [0.4, 0.5) is 5.69 Å². The standard InChI is InChI=1S/C15H22N2O3/c1-10(2)8-12(16)15(18)17-11-4-5-13-14(9-11)20-7-3-6-19-13/h4-5,9-10,12H,3,6-8,16H2,1-2H3,(H,17,18)/t12-/m1/s1. The molecule has 0 aromatic heterocycles. The Balaban J connectivity index is 2.03. The molecule has 1 heterocycles. The minimum absolute atomic E-state index is 0.173. The zero-order valence-electron chi connectivity index (χ0n) is 12.0. The average molecular weight is 278 g/mol. The molecule has 1 amide bonds. The Morgan fingerprint density at radius 3 is 2.70 bits per heavy atom. The average Bonchev–Trinajstić information content (AvgIpc) is 2.62. The molecule has 3 N–H and O–H groups in total. The van der Waals surface area contributed by atoms with Crippen LogP contribution in [0.25, 0.3) is 0 Å². The third kappa shape index (κ3) is 3.87. The van der Waals surface area contributed by atoms with Crippen LogP contribution in [0.2, 0.25) is 0 Å². The number of hydrogen-bond donors (Lipinski definition) is 2. The lowest BCUT2D eigenvalue weighted by molar-refractivity contribution is -0.117. The molecule has 0 aliphatic carbocycles. The number of nitrogens with one attached hydrogen (secondary N) is 1. The maximum Gasteiger partial charge on any atom is 0.241 e. The highest BCUT2D eigenvalue weighted by Crippen LogP contribution is 2.32. The Hall–Kier alpha value is -1.75. The first-order valence-corrected chi connectivity index (χ1v) is 7.02. The number of ether oxygens (including phenoxy) is 2. The van der Waals surface area contributed by atoms with Gasteiger partial charge >= 0.3 is 0 Å². The highest BCUT2D eigenvalue weighted by Gasteiger charge is 2.16. The van der Waals surface area contributed by atoms with Gasteiger partial charge in [-0.15, -0.1) is 0 Å². The smallest absolute Gasteiger partial charge is 0.241 e. The van der Waals surface area contributed by atoms with E-state index >= 15 is 0 Å². The first-order valence-electron chi connectivity index (χ1n) is 7.02. The van der Waals surface area contributed by atoms with Gasteiger partial charge in [0.25, 0.3) is 0 Å². The normalized spacial score (nSPS) is 15.6. The lowest BCUT2D eigenvalue weighted by Crippen LogP contribution is -2.36. The molecule has 0 saturated heterocycles. The number of nitrogens with two attached hydrogens (primary N) is 1. The zero-order valence-corrected chi connectivity index (χ0v) is 12.0. The van der Waals surface area contributed by atoms with E-state index in [9.17, 15) is 4.79 Å². The number of fused-ring (bicyclic) bond motifs is 1. The summed E-state index contributed by atoms with van der Waals surface area (Å²) in [4.78, 5) is 12.0. The van der Waals surface area contributed by atoms with Crippen LogP contribution in [-0.2, 0) is 4.79 Å². The van der Waals surface area contributed by atoms with Crippen molar-refractivity contribution < 1.29 is 14.3 Å². The van der Waals surface area contributed by atoms with Gasteiger partial charge in [0.05, 0.1) is 19.3 Å². The van der Waals surface area contributed by atoms with Gasteiger partial charge in [0.15, 0.2) is 11.5 Å². The minimum atomic E-state index is -0.494. The maximum absolute atomic E-state index is 12.0. The van der Waals surface area contributed by atoms with Crippen molar-refractivity contribution in [3.8, 4) is 11.5 Å². The Morgan fingerprint density at radius 2 is 2.00 bits per heavy atom. The van der Waals surface area contributed by atoms with E-state index in [0.717, 1.165) is 6.42 Å². The molecule has 5 nitrogen and oxygen atoms in total. The van der Waals surface area contributed by atoms with Crippen molar-refractivity contribution in [2.75, 3.05) is 18.5 Å². The Labute approximate surface area is 119 Å². The summed E-state index contributed by atoms with van der Waals surface area (Å²) in [6.07, 6.45) is 1.52. The topological polar surface area (TPSA) is 73.6 Å². The molecule has 0 saturated carbocycles. The highest BCUT2D eigenvalue weighted by molar-refractivity contribution is 5.94. The van der Waals surface area contributed by atoms with E-state index < -0.39 is 6.04 Å². The van der Waals surface area contributed by atoms with Gasteiger partial charge in [0.2, 0.25) is 5.91 Å². The SMILES string of the molecule is CC(C)C[C@@H](N)C(=O)Nc1ccc2c(c1)OCCCO2. The van der Waals surface area contributed by atoms with E-state index in [1.807, 2.05) is 19.9 Å². The van der Waals surface area contributed by atoms with Gasteiger partial charge < -0.3 is 20.5 Å². The highest BCUT2D eigenvalue weighted by atomic mass is 16.5. The van der Waals surface area contributed by atoms with Gasteiger partial charge in [-0.05, 0) is 24.5 Å². The summed E-state index contributed by atoms with van der Waals surface area (Å²) >= 11 is 0. The van der Waals surface area contributed by atoms with Crippen LogP contribution < -0.4 is 20.5 Å². The number of amides is 1. The van der Waals surface area contributed by atoms with Crippen molar-refractivity contribution >= 4 is 11.6 Å². The van der Waals surface area contributed by atoms with Crippen molar-refractivity contribution in [2.24, 2.45) is 11.7 Å². The van der Waals surface area contributed by atoms with Crippen LogP contribution in [0.5, 0.6) is 11.5 Å². The molecule has 0 bridgehead atoms. The molecule has 0 unspecified atom stereocenters. The molecule has 1 aromatic rings. The first kappa shape index (κ1) is 14.7. The fourth-order valence-electron chi connectivity index (χ4n) is 2.09. The molecule has 1 aliphatic heterocycles. The Kier molecular flexibility index (Phi) is 4.84. The number of hydrogen-bond acceptors (Lipinski definition) is 4. The van der Waals surface area contributed by atoms with E-state index in [4.69, 9.17) is 15.2 Å². The molecular weight excluding hydrogens is 256 g/mol. The molecule has 0 spiro atoms. The lowest BCUT2D eigenvalue weighted by atomic mass is 10.0. The molecule has 5 heteroatoms. The second kappa shape index (κ2) is 6.61. The van der Waals surface area contributed by atoms with Crippen LogP contribution in [0.1, 0.15) is 26.7 Å². The molecule has 0 radical (unpaired) electrons. The second-order valence-corrected chi connectivity index (χ2v) is 5.44. The molecule has 1 atom stereocenters. The molecule has 2 rings (SSSR count). The third-order valence-corrected chi connectivity index (χ3v) is 3.08. The van der Waals surface area contributed by atoms with E-state index in [0.29, 0.717) is 42.7 Å². The van der Waals surface area contributed by atoms with Crippen LogP contribution >= 0.6 is 0 Å². The van der Waals surface area contributed by atoms with Gasteiger partial charge in [-0.3, -0.25) is 4.79 Å². The van der Waals surface area contributed by atoms with Crippen molar-refractivity contribution in [3.05, 3.63) is 18.2 Å². The van der Waals surface area contributed by atoms with Crippen molar-refractivity contribution in [2.45, 2.75) is 32.7 Å². The van der Waals surface area contributed by atoms with E-state index in [1.54, 1.807) is 12.1 Å². The molecule has 1 aliphatic rings. The summed E-state index contributed by atoms with van der Waals surface area (Å²) in [5.74, 6) is 1.59. The summed E-state index contributed by atoms with van der Waals surface area (Å²) in [5.41, 5.74) is 6.54. The number of carbonyl (C=O) groups is 1. The third-order valence-electron chi connectivity index (χ3n) is 3.08. The fourth-order valence-corrected chi connectivity index (χ4v) is 2.09. The van der Waals surface area contributed by atoms with Gasteiger partial charge in [-0.2, -0.15) is 0 Å². The molecule has 110 valence electrons. The van der Waals surface area contributed by atoms with Crippen molar-refractivity contribution in [1.82, 2.24) is 0 Å². The summed E-state index contributed by atoms with van der Waals surface area (Å²) in [6.45, 7) is 5.36. The number of rotatable bonds is 4. The van der Waals surface area contributed by atoms with Crippen molar-refractivity contribution in [3.63, 3.8) is 0 Å². The van der Waals surface area contributed by atoms with Gasteiger partial charge in [-0.1, -0.05) is 13.8 Å². The summed E-state index contributed by atoms with van der Waals surface area (Å²) in [6, 6.07) is 4.89. The van der Waals surface area contributed by atoms with Crippen LogP contribution in [0, 0.1) is 5.92 Å². The zero-order chi connectivity index (χ0) is 14.5. The summed E-state index contributed by atoms with van der Waals surface area (Å²) in [7, 11) is 0. The fraction of sp³-hybridized carbons (Fsp3) is 0.533. The van der Waals surface area contributed by atoms with Crippen LogP contribution in [0.3, 0.4) is 0 Å². The van der Waals surface area contributed by atoms with Crippen LogP contribution in [0.15, 0.2) is 18.2 Å². The molecule has 0 fully saturated rings. The molecular formula is C15H22N2O3. The van der Waals surface area contributed by atoms with Gasteiger partial charge in [0.1, 0.15) is 0 Å². The Morgan fingerprint density at radius 1 is 1.30 bits per heavy atom. The predicted molar refractivity (Wildman–Crippen MR) is 78.1 cm³/mol. The number of carbonyl (C=O) groups excluding carboxylic acids is 1. The monoisotopic (exact) mass is 278 g/mol. The number of benzene rings is 1. The van der Waals surface area contributed by atoms with Crippen molar-refractivity contribution in [1.29, 1.82) is 0 Å². The first-order chi connectivity index (χ1) is 9.56. The maximum atomic E-state index is 12.0. The second-order valence-electron chi connectivity index (χ2n) is 5.44. The van der Waals surface area contributed by atoms with Crippen LogP contribution in [-0.4, -0.2) is 25.2 Å². The largest absolute Gasteiger partial charge is 0.490 e. The summed E-state index contributed by atoms with van der Waals surface area (Å²) < 4.78 is 11.1. The summed E-state index contributed by atoms with van der Waals surface area (Å²) in [5, 5.41) is 2.82. The lowest BCUT2D eigenvalue weighted by Gasteiger charge is -2.15. The predicted octanol–water partition coefficient (Wildman–Crippen LogP) is 2.16. The minimum Gasteiger partial charge on any atom is -0.490 e. The quantitative estimate of drug-likeness (QED) is 0.885. The van der Waals surface area contributed by atoms with E-state index in [-0.39, 0.29) is 5.91 Å². The Bertz CT molecular complexity index is 474. The molecule has 1 aromatic carbocycles. The van der Waals surface area contributed by atoms with E-state index in [2.05, 4.69) is 5.32 Å². The van der Waals surface area contributed by atoms with Gasteiger partial charge in [0, 0.05) is 18.2 Å². The number of anilines is 1.